The van der Waals surface area contributed by atoms with Crippen LogP contribution in [-0.4, -0.2) is 25.4 Å². The Balaban J connectivity index is 1.90. The Labute approximate surface area is 109 Å². The summed E-state index contributed by atoms with van der Waals surface area (Å²) in [6.45, 7) is 8.41. The van der Waals surface area contributed by atoms with Crippen LogP contribution in [0.15, 0.2) is 18.2 Å². The van der Waals surface area contributed by atoms with Gasteiger partial charge < -0.3 is 14.8 Å². The molecule has 0 unspecified atom stereocenters. The first-order chi connectivity index (χ1) is 8.56. The molecule has 100 valence electrons. The number of anilines is 1. The maximum absolute atomic E-state index is 5.81. The van der Waals surface area contributed by atoms with Gasteiger partial charge in [-0.15, -0.1) is 0 Å². The van der Waals surface area contributed by atoms with Crippen LogP contribution >= 0.6 is 0 Å². The number of benzene rings is 1. The highest BCUT2D eigenvalue weighted by atomic mass is 16.5. The molecular formula is C15H23NO2. The first-order valence-electron chi connectivity index (χ1n) is 6.69. The summed E-state index contributed by atoms with van der Waals surface area (Å²) in [6.07, 6.45) is 2.33. The molecule has 0 saturated carbocycles. The van der Waals surface area contributed by atoms with Gasteiger partial charge in [-0.3, -0.25) is 0 Å². The number of fused-ring (bicyclic) bond motifs is 1. The molecule has 0 amide bonds. The second kappa shape index (κ2) is 5.61. The SMILES string of the molecule is CC(C)(C)OCCOc1cccc2c1NCCC2. The number of para-hydroxylation sites is 1. The molecule has 0 radical (unpaired) electrons. The van der Waals surface area contributed by atoms with E-state index in [-0.39, 0.29) is 5.60 Å². The summed E-state index contributed by atoms with van der Waals surface area (Å²) in [6, 6.07) is 6.25. The highest BCUT2D eigenvalue weighted by Crippen LogP contribution is 2.31. The molecule has 0 aromatic heterocycles. The van der Waals surface area contributed by atoms with Crippen LogP contribution in [0.5, 0.6) is 5.75 Å². The lowest BCUT2D eigenvalue weighted by molar-refractivity contribution is -0.0162. The average molecular weight is 249 g/mol. The van der Waals surface area contributed by atoms with E-state index in [2.05, 4.69) is 38.2 Å². The quantitative estimate of drug-likeness (QED) is 0.831. The zero-order valence-electron chi connectivity index (χ0n) is 11.6. The minimum atomic E-state index is -0.0995. The molecule has 3 nitrogen and oxygen atoms in total. The van der Waals surface area contributed by atoms with Crippen molar-refractivity contribution >= 4 is 5.69 Å². The smallest absolute Gasteiger partial charge is 0.142 e. The molecule has 1 heterocycles. The summed E-state index contributed by atoms with van der Waals surface area (Å²) in [7, 11) is 0. The van der Waals surface area contributed by atoms with Gasteiger partial charge in [-0.25, -0.2) is 0 Å². The molecule has 1 N–H and O–H groups in total. The van der Waals surface area contributed by atoms with Crippen LogP contribution in [-0.2, 0) is 11.2 Å². The molecule has 0 saturated heterocycles. The molecule has 1 aliphatic heterocycles. The monoisotopic (exact) mass is 249 g/mol. The normalized spacial score (nSPS) is 14.8. The number of hydrogen-bond donors (Lipinski definition) is 1. The zero-order valence-corrected chi connectivity index (χ0v) is 11.6. The highest BCUT2D eigenvalue weighted by molar-refractivity contribution is 5.63. The topological polar surface area (TPSA) is 30.5 Å². The Morgan fingerprint density at radius 2 is 2.06 bits per heavy atom. The van der Waals surface area contributed by atoms with Crippen molar-refractivity contribution in [3.05, 3.63) is 23.8 Å². The predicted octanol–water partition coefficient (Wildman–Crippen LogP) is 3.24. The van der Waals surface area contributed by atoms with E-state index >= 15 is 0 Å². The highest BCUT2D eigenvalue weighted by Gasteiger charge is 2.14. The molecule has 0 spiro atoms. The molecule has 3 heteroatoms. The molecule has 2 rings (SSSR count). The minimum absolute atomic E-state index is 0.0995. The van der Waals surface area contributed by atoms with Crippen LogP contribution in [0.1, 0.15) is 32.8 Å². The van der Waals surface area contributed by atoms with E-state index in [0.717, 1.165) is 18.7 Å². The second-order valence-electron chi connectivity index (χ2n) is 5.63. The van der Waals surface area contributed by atoms with Crippen LogP contribution in [0.4, 0.5) is 5.69 Å². The van der Waals surface area contributed by atoms with Crippen LogP contribution in [0, 0.1) is 0 Å². The zero-order chi connectivity index (χ0) is 13.0. The summed E-state index contributed by atoms with van der Waals surface area (Å²) in [5, 5.41) is 3.42. The fourth-order valence-electron chi connectivity index (χ4n) is 2.10. The van der Waals surface area contributed by atoms with Crippen LogP contribution in [0.25, 0.3) is 0 Å². The summed E-state index contributed by atoms with van der Waals surface area (Å²) in [5.74, 6) is 0.949. The van der Waals surface area contributed by atoms with Gasteiger partial charge in [-0.1, -0.05) is 12.1 Å². The first kappa shape index (κ1) is 13.2. The van der Waals surface area contributed by atoms with E-state index < -0.39 is 0 Å². The molecule has 18 heavy (non-hydrogen) atoms. The molecule has 0 aliphatic carbocycles. The fraction of sp³-hybridized carbons (Fsp3) is 0.600. The van der Waals surface area contributed by atoms with Gasteiger partial charge >= 0.3 is 0 Å². The lowest BCUT2D eigenvalue weighted by Gasteiger charge is -2.22. The van der Waals surface area contributed by atoms with Gasteiger partial charge in [0.25, 0.3) is 0 Å². The van der Waals surface area contributed by atoms with Crippen molar-refractivity contribution in [2.75, 3.05) is 25.1 Å². The van der Waals surface area contributed by atoms with Crippen LogP contribution < -0.4 is 10.1 Å². The number of aryl methyl sites for hydroxylation is 1. The Hall–Kier alpha value is -1.22. The van der Waals surface area contributed by atoms with Crippen molar-refractivity contribution in [3.8, 4) is 5.75 Å². The Morgan fingerprint density at radius 1 is 1.22 bits per heavy atom. The lowest BCUT2D eigenvalue weighted by Crippen LogP contribution is -2.22. The van der Waals surface area contributed by atoms with Crippen molar-refractivity contribution in [2.45, 2.75) is 39.2 Å². The minimum Gasteiger partial charge on any atom is -0.489 e. The molecular weight excluding hydrogens is 226 g/mol. The third-order valence-electron chi connectivity index (χ3n) is 2.91. The largest absolute Gasteiger partial charge is 0.489 e. The van der Waals surface area contributed by atoms with Crippen molar-refractivity contribution in [1.29, 1.82) is 0 Å². The lowest BCUT2D eigenvalue weighted by atomic mass is 10.0. The van der Waals surface area contributed by atoms with Gasteiger partial charge in [0.15, 0.2) is 0 Å². The molecule has 0 atom stereocenters. The molecule has 0 bridgehead atoms. The van der Waals surface area contributed by atoms with E-state index in [1.165, 1.54) is 17.7 Å². The van der Waals surface area contributed by atoms with Crippen molar-refractivity contribution in [3.63, 3.8) is 0 Å². The average Bonchev–Trinajstić information content (AvgIpc) is 2.33. The third-order valence-corrected chi connectivity index (χ3v) is 2.91. The van der Waals surface area contributed by atoms with Gasteiger partial charge in [0.1, 0.15) is 12.4 Å². The molecule has 0 fully saturated rings. The summed E-state index contributed by atoms with van der Waals surface area (Å²) in [5.41, 5.74) is 2.42. The van der Waals surface area contributed by atoms with Gasteiger partial charge in [0.05, 0.1) is 17.9 Å². The van der Waals surface area contributed by atoms with Crippen LogP contribution in [0.2, 0.25) is 0 Å². The summed E-state index contributed by atoms with van der Waals surface area (Å²) < 4.78 is 11.5. The van der Waals surface area contributed by atoms with Gasteiger partial charge in [0.2, 0.25) is 0 Å². The fourth-order valence-corrected chi connectivity index (χ4v) is 2.10. The van der Waals surface area contributed by atoms with E-state index in [9.17, 15) is 0 Å². The van der Waals surface area contributed by atoms with Gasteiger partial charge in [-0.2, -0.15) is 0 Å². The number of nitrogens with one attached hydrogen (secondary N) is 1. The number of ether oxygens (including phenoxy) is 2. The van der Waals surface area contributed by atoms with E-state index in [4.69, 9.17) is 9.47 Å². The Kier molecular flexibility index (Phi) is 4.12. The number of hydrogen-bond acceptors (Lipinski definition) is 3. The van der Waals surface area contributed by atoms with Crippen molar-refractivity contribution in [2.24, 2.45) is 0 Å². The third kappa shape index (κ3) is 3.64. The number of rotatable bonds is 4. The maximum atomic E-state index is 5.81. The van der Waals surface area contributed by atoms with Crippen LogP contribution in [0.3, 0.4) is 0 Å². The van der Waals surface area contributed by atoms with Crippen molar-refractivity contribution in [1.82, 2.24) is 0 Å². The maximum Gasteiger partial charge on any atom is 0.142 e. The van der Waals surface area contributed by atoms with Gasteiger partial charge in [-0.05, 0) is 45.2 Å². The summed E-state index contributed by atoms with van der Waals surface area (Å²) >= 11 is 0. The Morgan fingerprint density at radius 3 is 2.83 bits per heavy atom. The first-order valence-corrected chi connectivity index (χ1v) is 6.69. The summed E-state index contributed by atoms with van der Waals surface area (Å²) in [4.78, 5) is 0. The van der Waals surface area contributed by atoms with Gasteiger partial charge in [0, 0.05) is 6.54 Å². The van der Waals surface area contributed by atoms with E-state index in [1.54, 1.807) is 0 Å². The predicted molar refractivity (Wildman–Crippen MR) is 74.5 cm³/mol. The molecule has 1 aliphatic rings. The molecule has 1 aromatic carbocycles. The second-order valence-corrected chi connectivity index (χ2v) is 5.63. The van der Waals surface area contributed by atoms with E-state index in [1.807, 2.05) is 6.07 Å². The van der Waals surface area contributed by atoms with Crippen molar-refractivity contribution < 1.29 is 9.47 Å². The molecule has 1 aromatic rings. The standard InChI is InChI=1S/C15H23NO2/c1-15(2,3)18-11-10-17-13-8-4-6-12-7-5-9-16-14(12)13/h4,6,8,16H,5,7,9-11H2,1-3H3. The van der Waals surface area contributed by atoms with E-state index in [0.29, 0.717) is 13.2 Å². The Bertz CT molecular complexity index is 396.